The van der Waals surface area contributed by atoms with E-state index in [9.17, 15) is 4.79 Å². The standard InChI is InChI=1S/C8H12N2O3/c1-6(2)10(5-7(11)12)8-9-3-4-13-8/h3-4,6H,5H2,1-2H3,(H,11,12). The molecule has 0 saturated heterocycles. The summed E-state index contributed by atoms with van der Waals surface area (Å²) in [6.07, 6.45) is 2.92. The molecule has 1 heterocycles. The van der Waals surface area contributed by atoms with E-state index in [-0.39, 0.29) is 12.6 Å². The SMILES string of the molecule is CC(C)N(CC(=O)O)c1ncco1. The molecule has 13 heavy (non-hydrogen) atoms. The Bertz CT molecular complexity index is 269. The van der Waals surface area contributed by atoms with E-state index in [1.807, 2.05) is 13.8 Å². The highest BCUT2D eigenvalue weighted by Gasteiger charge is 2.17. The van der Waals surface area contributed by atoms with Gasteiger partial charge >= 0.3 is 5.97 Å². The highest BCUT2D eigenvalue weighted by Crippen LogP contribution is 2.12. The molecule has 1 N–H and O–H groups in total. The van der Waals surface area contributed by atoms with Gasteiger partial charge in [0.2, 0.25) is 0 Å². The van der Waals surface area contributed by atoms with Crippen LogP contribution in [0.4, 0.5) is 6.01 Å². The Morgan fingerprint density at radius 2 is 2.46 bits per heavy atom. The zero-order valence-corrected chi connectivity index (χ0v) is 7.60. The molecule has 1 rings (SSSR count). The van der Waals surface area contributed by atoms with Crippen LogP contribution in [0.3, 0.4) is 0 Å². The Morgan fingerprint density at radius 3 is 2.85 bits per heavy atom. The van der Waals surface area contributed by atoms with E-state index < -0.39 is 5.97 Å². The second-order valence-corrected chi connectivity index (χ2v) is 2.93. The van der Waals surface area contributed by atoms with Crippen LogP contribution >= 0.6 is 0 Å². The Morgan fingerprint density at radius 1 is 1.77 bits per heavy atom. The molecule has 72 valence electrons. The minimum Gasteiger partial charge on any atom is -0.480 e. The predicted octanol–water partition coefficient (Wildman–Crippen LogP) is 0.974. The first kappa shape index (κ1) is 9.57. The van der Waals surface area contributed by atoms with Crippen molar-refractivity contribution in [2.45, 2.75) is 19.9 Å². The summed E-state index contributed by atoms with van der Waals surface area (Å²) in [6, 6.07) is 0.396. The first-order valence-electron chi connectivity index (χ1n) is 3.99. The number of rotatable bonds is 4. The predicted molar refractivity (Wildman–Crippen MR) is 46.6 cm³/mol. The Balaban J connectivity index is 2.74. The molecule has 0 unspecified atom stereocenters. The van der Waals surface area contributed by atoms with Crippen molar-refractivity contribution in [3.8, 4) is 0 Å². The highest BCUT2D eigenvalue weighted by atomic mass is 16.4. The number of carboxylic acids is 1. The first-order valence-corrected chi connectivity index (χ1v) is 3.99. The van der Waals surface area contributed by atoms with Crippen LogP contribution in [-0.2, 0) is 4.79 Å². The van der Waals surface area contributed by atoms with Gasteiger partial charge in [-0.15, -0.1) is 0 Å². The van der Waals surface area contributed by atoms with Gasteiger partial charge in [0.25, 0.3) is 6.01 Å². The Kier molecular flexibility index (Phi) is 2.89. The third-order valence-corrected chi connectivity index (χ3v) is 1.59. The third-order valence-electron chi connectivity index (χ3n) is 1.59. The molecule has 1 aromatic rings. The van der Waals surface area contributed by atoms with Crippen molar-refractivity contribution in [3.63, 3.8) is 0 Å². The van der Waals surface area contributed by atoms with Crippen LogP contribution in [0, 0.1) is 0 Å². The van der Waals surface area contributed by atoms with Crippen LogP contribution in [0.2, 0.25) is 0 Å². The molecule has 0 aliphatic heterocycles. The number of carboxylic acid groups (broad SMARTS) is 1. The largest absolute Gasteiger partial charge is 0.480 e. The van der Waals surface area contributed by atoms with Gasteiger partial charge in [-0.05, 0) is 13.8 Å². The third kappa shape index (κ3) is 2.47. The van der Waals surface area contributed by atoms with Crippen molar-refractivity contribution < 1.29 is 14.3 Å². The van der Waals surface area contributed by atoms with Gasteiger partial charge in [0.05, 0.1) is 6.20 Å². The van der Waals surface area contributed by atoms with Gasteiger partial charge in [-0.3, -0.25) is 4.79 Å². The molecule has 0 spiro atoms. The lowest BCUT2D eigenvalue weighted by Crippen LogP contribution is -2.35. The number of carbonyl (C=O) groups is 1. The number of aliphatic carboxylic acids is 1. The second kappa shape index (κ2) is 3.93. The fourth-order valence-electron chi connectivity index (χ4n) is 0.975. The van der Waals surface area contributed by atoms with Crippen LogP contribution in [0.5, 0.6) is 0 Å². The maximum Gasteiger partial charge on any atom is 0.323 e. The zero-order valence-electron chi connectivity index (χ0n) is 7.60. The van der Waals surface area contributed by atoms with E-state index in [4.69, 9.17) is 9.52 Å². The fourth-order valence-corrected chi connectivity index (χ4v) is 0.975. The normalized spacial score (nSPS) is 10.4. The molecule has 5 nitrogen and oxygen atoms in total. The molecule has 0 amide bonds. The number of anilines is 1. The number of nitrogens with zero attached hydrogens (tertiary/aromatic N) is 2. The molecule has 0 fully saturated rings. The maximum absolute atomic E-state index is 10.5. The van der Waals surface area contributed by atoms with Crippen molar-refractivity contribution in [2.24, 2.45) is 0 Å². The van der Waals surface area contributed by atoms with Gasteiger partial charge in [-0.2, -0.15) is 0 Å². The maximum atomic E-state index is 10.5. The minimum atomic E-state index is -0.896. The number of oxazole rings is 1. The van der Waals surface area contributed by atoms with E-state index in [2.05, 4.69) is 4.98 Å². The average molecular weight is 184 g/mol. The summed E-state index contributed by atoms with van der Waals surface area (Å²) in [7, 11) is 0. The van der Waals surface area contributed by atoms with Gasteiger partial charge in [0.1, 0.15) is 12.8 Å². The van der Waals surface area contributed by atoms with Crippen molar-refractivity contribution in [2.75, 3.05) is 11.4 Å². The molecule has 0 aromatic carbocycles. The van der Waals surface area contributed by atoms with Crippen molar-refractivity contribution in [3.05, 3.63) is 12.5 Å². The minimum absolute atomic E-state index is 0.0507. The van der Waals surface area contributed by atoms with Crippen molar-refractivity contribution >= 4 is 12.0 Å². The summed E-state index contributed by atoms with van der Waals surface area (Å²) in [5.41, 5.74) is 0. The summed E-state index contributed by atoms with van der Waals surface area (Å²) < 4.78 is 5.01. The highest BCUT2D eigenvalue weighted by molar-refractivity contribution is 5.72. The average Bonchev–Trinajstić information content (AvgIpc) is 2.50. The molecule has 0 bridgehead atoms. The zero-order chi connectivity index (χ0) is 9.84. The first-order chi connectivity index (χ1) is 6.11. The van der Waals surface area contributed by atoms with Gasteiger partial charge < -0.3 is 14.4 Å². The number of aromatic nitrogens is 1. The van der Waals surface area contributed by atoms with Gasteiger partial charge in [0.15, 0.2) is 0 Å². The summed E-state index contributed by atoms with van der Waals surface area (Å²) in [5, 5.41) is 8.62. The molecule has 5 heteroatoms. The molecular formula is C8H12N2O3. The molecule has 1 aromatic heterocycles. The molecular weight excluding hydrogens is 172 g/mol. The molecule has 0 atom stereocenters. The lowest BCUT2D eigenvalue weighted by atomic mass is 10.3. The smallest absolute Gasteiger partial charge is 0.323 e. The fraction of sp³-hybridized carbons (Fsp3) is 0.500. The number of hydrogen-bond donors (Lipinski definition) is 1. The van der Waals surface area contributed by atoms with Gasteiger partial charge in [-0.25, -0.2) is 4.98 Å². The van der Waals surface area contributed by atoms with Crippen LogP contribution in [0.1, 0.15) is 13.8 Å². The monoisotopic (exact) mass is 184 g/mol. The lowest BCUT2D eigenvalue weighted by Gasteiger charge is -2.22. The van der Waals surface area contributed by atoms with Gasteiger partial charge in [-0.1, -0.05) is 0 Å². The molecule has 0 saturated carbocycles. The van der Waals surface area contributed by atoms with E-state index in [1.54, 1.807) is 4.90 Å². The summed E-state index contributed by atoms with van der Waals surface area (Å²) >= 11 is 0. The van der Waals surface area contributed by atoms with Crippen molar-refractivity contribution in [1.29, 1.82) is 0 Å². The van der Waals surface area contributed by atoms with E-state index in [0.717, 1.165) is 0 Å². The van der Waals surface area contributed by atoms with Crippen LogP contribution in [-0.4, -0.2) is 28.6 Å². The number of hydrogen-bond acceptors (Lipinski definition) is 4. The van der Waals surface area contributed by atoms with Crippen LogP contribution < -0.4 is 4.90 Å². The Labute approximate surface area is 76.0 Å². The Hall–Kier alpha value is -1.52. The summed E-state index contributed by atoms with van der Waals surface area (Å²) in [4.78, 5) is 16.0. The van der Waals surface area contributed by atoms with E-state index in [1.165, 1.54) is 12.5 Å². The quantitative estimate of drug-likeness (QED) is 0.755. The molecule has 0 aliphatic carbocycles. The van der Waals surface area contributed by atoms with Crippen LogP contribution in [0.25, 0.3) is 0 Å². The summed E-state index contributed by atoms with van der Waals surface area (Å²) in [6.45, 7) is 3.67. The van der Waals surface area contributed by atoms with Crippen molar-refractivity contribution in [1.82, 2.24) is 4.98 Å². The lowest BCUT2D eigenvalue weighted by molar-refractivity contribution is -0.135. The van der Waals surface area contributed by atoms with Gasteiger partial charge in [0, 0.05) is 6.04 Å². The molecule has 0 aliphatic rings. The van der Waals surface area contributed by atoms with E-state index >= 15 is 0 Å². The molecule has 0 radical (unpaired) electrons. The topological polar surface area (TPSA) is 66.6 Å². The van der Waals surface area contributed by atoms with E-state index in [0.29, 0.717) is 6.01 Å². The second-order valence-electron chi connectivity index (χ2n) is 2.93. The van der Waals surface area contributed by atoms with Crippen LogP contribution in [0.15, 0.2) is 16.9 Å². The summed E-state index contributed by atoms with van der Waals surface area (Å²) in [5.74, 6) is -0.896.